The molecule has 1 aromatic carbocycles. The van der Waals surface area contributed by atoms with Crippen LogP contribution in [0.3, 0.4) is 0 Å². The van der Waals surface area contributed by atoms with Gasteiger partial charge in [-0.25, -0.2) is 0 Å². The van der Waals surface area contributed by atoms with Crippen molar-refractivity contribution in [1.29, 1.82) is 0 Å². The van der Waals surface area contributed by atoms with Crippen molar-refractivity contribution < 1.29 is 9.84 Å². The molecule has 0 amide bonds. The van der Waals surface area contributed by atoms with E-state index in [-0.39, 0.29) is 18.2 Å². The highest BCUT2D eigenvalue weighted by atomic mass is 16.5. The molecule has 0 saturated heterocycles. The number of ether oxygens (including phenoxy) is 1. The highest BCUT2D eigenvalue weighted by Crippen LogP contribution is 2.27. The van der Waals surface area contributed by atoms with Crippen molar-refractivity contribution in [3.05, 3.63) is 29.8 Å². The van der Waals surface area contributed by atoms with Gasteiger partial charge in [0.05, 0.1) is 13.2 Å². The van der Waals surface area contributed by atoms with Gasteiger partial charge in [0.2, 0.25) is 0 Å². The van der Waals surface area contributed by atoms with Gasteiger partial charge in [-0.2, -0.15) is 0 Å². The summed E-state index contributed by atoms with van der Waals surface area (Å²) in [5.74, 6) is 0.830. The van der Waals surface area contributed by atoms with Crippen molar-refractivity contribution in [3.63, 3.8) is 0 Å². The summed E-state index contributed by atoms with van der Waals surface area (Å²) in [6, 6.07) is 8.07. The summed E-state index contributed by atoms with van der Waals surface area (Å²) in [5, 5.41) is 9.57. The van der Waals surface area contributed by atoms with Crippen LogP contribution in [0.4, 0.5) is 0 Å². The number of methoxy groups -OCH3 is 1. The van der Waals surface area contributed by atoms with E-state index in [1.54, 1.807) is 14.0 Å². The number of hydrogen-bond acceptors (Lipinski definition) is 4. The second kappa shape index (κ2) is 7.48. The monoisotopic (exact) mass is 266 g/mol. The molecule has 0 saturated carbocycles. The minimum Gasteiger partial charge on any atom is -0.497 e. The number of aliphatic hydroxyl groups excluding tert-OH is 1. The lowest BCUT2D eigenvalue weighted by Crippen LogP contribution is -2.41. The van der Waals surface area contributed by atoms with Crippen molar-refractivity contribution in [2.75, 3.05) is 20.7 Å². The van der Waals surface area contributed by atoms with Crippen LogP contribution in [0.25, 0.3) is 0 Å². The van der Waals surface area contributed by atoms with Gasteiger partial charge in [0.1, 0.15) is 5.75 Å². The normalized spacial score (nSPS) is 16.2. The predicted molar refractivity (Wildman–Crippen MR) is 78.3 cm³/mol. The number of nitrogens with zero attached hydrogens (tertiary/aromatic N) is 1. The second-order valence-electron chi connectivity index (χ2n) is 5.08. The van der Waals surface area contributed by atoms with E-state index in [9.17, 15) is 5.11 Å². The SMILES string of the molecule is CCC(N)C(c1cccc(OC)c1)N(C)CC(C)O. The molecule has 3 unspecified atom stereocenters. The fourth-order valence-electron chi connectivity index (χ4n) is 2.41. The van der Waals surface area contributed by atoms with Crippen LogP contribution in [0.1, 0.15) is 31.9 Å². The summed E-state index contributed by atoms with van der Waals surface area (Å²) in [6.45, 7) is 4.46. The summed E-state index contributed by atoms with van der Waals surface area (Å²) >= 11 is 0. The lowest BCUT2D eigenvalue weighted by atomic mass is 9.96. The Bertz CT molecular complexity index is 382. The van der Waals surface area contributed by atoms with Crippen LogP contribution < -0.4 is 10.5 Å². The molecule has 0 radical (unpaired) electrons. The van der Waals surface area contributed by atoms with Crippen molar-refractivity contribution in [3.8, 4) is 5.75 Å². The third-order valence-corrected chi connectivity index (χ3v) is 3.34. The summed E-state index contributed by atoms with van der Waals surface area (Å²) in [7, 11) is 3.65. The number of rotatable bonds is 7. The summed E-state index contributed by atoms with van der Waals surface area (Å²) in [4.78, 5) is 2.10. The van der Waals surface area contributed by atoms with Crippen LogP contribution in [-0.4, -0.2) is 42.9 Å². The molecule has 0 aromatic heterocycles. The van der Waals surface area contributed by atoms with E-state index in [1.165, 1.54) is 0 Å². The average Bonchev–Trinajstić information content (AvgIpc) is 2.38. The molecule has 0 aliphatic heterocycles. The third kappa shape index (κ3) is 4.49. The van der Waals surface area contributed by atoms with Gasteiger partial charge >= 0.3 is 0 Å². The van der Waals surface area contributed by atoms with Gasteiger partial charge in [0.25, 0.3) is 0 Å². The Labute approximate surface area is 116 Å². The first-order valence-corrected chi connectivity index (χ1v) is 6.77. The maximum atomic E-state index is 9.57. The lowest BCUT2D eigenvalue weighted by molar-refractivity contribution is 0.107. The number of likely N-dealkylation sites (N-methyl/N-ethyl adjacent to an activating group) is 1. The smallest absolute Gasteiger partial charge is 0.119 e. The molecular formula is C15H26N2O2. The molecule has 1 rings (SSSR count). The Morgan fingerprint density at radius 3 is 2.63 bits per heavy atom. The van der Waals surface area contributed by atoms with Crippen molar-refractivity contribution in [2.45, 2.75) is 38.5 Å². The Balaban J connectivity index is 3.01. The maximum Gasteiger partial charge on any atom is 0.119 e. The molecule has 4 heteroatoms. The summed E-state index contributed by atoms with van der Waals surface area (Å²) in [6.07, 6.45) is 0.508. The number of benzene rings is 1. The second-order valence-corrected chi connectivity index (χ2v) is 5.08. The third-order valence-electron chi connectivity index (χ3n) is 3.34. The molecule has 0 bridgehead atoms. The topological polar surface area (TPSA) is 58.7 Å². The quantitative estimate of drug-likeness (QED) is 0.790. The van der Waals surface area contributed by atoms with Crippen molar-refractivity contribution >= 4 is 0 Å². The van der Waals surface area contributed by atoms with Crippen molar-refractivity contribution in [2.24, 2.45) is 5.73 Å². The van der Waals surface area contributed by atoms with Crippen LogP contribution >= 0.6 is 0 Å². The van der Waals surface area contributed by atoms with E-state index in [4.69, 9.17) is 10.5 Å². The van der Waals surface area contributed by atoms with Crippen LogP contribution in [0.15, 0.2) is 24.3 Å². The zero-order valence-corrected chi connectivity index (χ0v) is 12.3. The lowest BCUT2D eigenvalue weighted by Gasteiger charge is -2.33. The first-order chi connectivity index (χ1) is 8.99. The highest BCUT2D eigenvalue weighted by Gasteiger charge is 2.24. The molecule has 0 aliphatic rings. The first-order valence-electron chi connectivity index (χ1n) is 6.77. The number of nitrogens with two attached hydrogens (primary N) is 1. The zero-order valence-electron chi connectivity index (χ0n) is 12.3. The molecule has 3 atom stereocenters. The van der Waals surface area contributed by atoms with Gasteiger partial charge in [-0.3, -0.25) is 4.90 Å². The minimum atomic E-state index is -0.373. The van der Waals surface area contributed by atoms with E-state index in [0.717, 1.165) is 17.7 Å². The Morgan fingerprint density at radius 2 is 2.11 bits per heavy atom. The molecule has 4 nitrogen and oxygen atoms in total. The molecule has 3 N–H and O–H groups in total. The van der Waals surface area contributed by atoms with E-state index >= 15 is 0 Å². The molecular weight excluding hydrogens is 240 g/mol. The molecule has 108 valence electrons. The van der Waals surface area contributed by atoms with Crippen LogP contribution in [0, 0.1) is 0 Å². The molecule has 0 fully saturated rings. The van der Waals surface area contributed by atoms with Crippen molar-refractivity contribution in [1.82, 2.24) is 4.90 Å². The van der Waals surface area contributed by atoms with Crippen LogP contribution in [0.5, 0.6) is 5.75 Å². The number of aliphatic hydroxyl groups is 1. The minimum absolute atomic E-state index is 0.0239. The molecule has 19 heavy (non-hydrogen) atoms. The Hall–Kier alpha value is -1.10. The molecule has 0 spiro atoms. The van der Waals surface area contributed by atoms with Gasteiger partial charge < -0.3 is 15.6 Å². The average molecular weight is 266 g/mol. The van der Waals surface area contributed by atoms with E-state index in [2.05, 4.69) is 17.9 Å². The molecule has 0 heterocycles. The van der Waals surface area contributed by atoms with E-state index in [0.29, 0.717) is 6.54 Å². The van der Waals surface area contributed by atoms with Crippen LogP contribution in [-0.2, 0) is 0 Å². The largest absolute Gasteiger partial charge is 0.497 e. The number of hydrogen-bond donors (Lipinski definition) is 2. The fraction of sp³-hybridized carbons (Fsp3) is 0.600. The fourth-order valence-corrected chi connectivity index (χ4v) is 2.41. The van der Waals surface area contributed by atoms with Crippen LogP contribution in [0.2, 0.25) is 0 Å². The molecule has 1 aromatic rings. The summed E-state index contributed by atoms with van der Waals surface area (Å²) < 4.78 is 5.27. The van der Waals surface area contributed by atoms with Gasteiger partial charge in [0.15, 0.2) is 0 Å². The zero-order chi connectivity index (χ0) is 14.4. The van der Waals surface area contributed by atoms with Gasteiger partial charge in [0, 0.05) is 18.6 Å². The first kappa shape index (κ1) is 16.0. The Kier molecular flexibility index (Phi) is 6.28. The molecule has 0 aliphatic carbocycles. The van der Waals surface area contributed by atoms with E-state index < -0.39 is 0 Å². The maximum absolute atomic E-state index is 9.57. The predicted octanol–water partition coefficient (Wildman–Crippen LogP) is 1.79. The van der Waals surface area contributed by atoms with Gasteiger partial charge in [-0.1, -0.05) is 19.1 Å². The van der Waals surface area contributed by atoms with Gasteiger partial charge in [-0.05, 0) is 38.1 Å². The summed E-state index contributed by atoms with van der Waals surface area (Å²) in [5.41, 5.74) is 7.38. The Morgan fingerprint density at radius 1 is 1.42 bits per heavy atom. The highest BCUT2D eigenvalue weighted by molar-refractivity contribution is 5.31. The van der Waals surface area contributed by atoms with E-state index in [1.807, 2.05) is 25.2 Å². The standard InChI is InChI=1S/C15H26N2O2/c1-5-14(16)15(17(3)10-11(2)18)12-7-6-8-13(9-12)19-4/h6-9,11,14-15,18H,5,10,16H2,1-4H3. The van der Waals surface area contributed by atoms with Gasteiger partial charge in [-0.15, -0.1) is 0 Å².